The molecule has 3 aromatic rings. The van der Waals surface area contributed by atoms with E-state index in [1.54, 1.807) is 0 Å². The zero-order chi connectivity index (χ0) is 20.1. The Morgan fingerprint density at radius 1 is 1.07 bits per heavy atom. The number of nitrogens with zero attached hydrogens (tertiary/aromatic N) is 4. The maximum absolute atomic E-state index is 12.3. The molecule has 0 saturated carbocycles. The Balaban J connectivity index is 1.27. The lowest BCUT2D eigenvalue weighted by Crippen LogP contribution is -2.32. The SMILES string of the molecule is Cc1nc(NCCNC(=O)Cn2ccc3ccccc32)cc(N2CCCCC2)n1. The fraction of sp³-hybridized carbons (Fsp3) is 0.409. The van der Waals surface area contributed by atoms with E-state index >= 15 is 0 Å². The quantitative estimate of drug-likeness (QED) is 0.605. The molecule has 7 heteroatoms. The highest BCUT2D eigenvalue weighted by molar-refractivity contribution is 5.83. The average Bonchev–Trinajstić information content (AvgIpc) is 3.14. The zero-order valence-electron chi connectivity index (χ0n) is 16.9. The van der Waals surface area contributed by atoms with Crippen molar-refractivity contribution < 1.29 is 4.79 Å². The van der Waals surface area contributed by atoms with Gasteiger partial charge in [-0.3, -0.25) is 4.79 Å². The third kappa shape index (κ3) is 4.85. The predicted molar refractivity (Wildman–Crippen MR) is 116 cm³/mol. The number of piperidine rings is 1. The molecule has 1 saturated heterocycles. The number of rotatable bonds is 7. The van der Waals surface area contributed by atoms with Crippen molar-refractivity contribution in [3.63, 3.8) is 0 Å². The summed E-state index contributed by atoms with van der Waals surface area (Å²) in [4.78, 5) is 23.7. The molecule has 1 amide bonds. The first-order valence-electron chi connectivity index (χ1n) is 10.3. The number of para-hydroxylation sites is 1. The van der Waals surface area contributed by atoms with Gasteiger partial charge in [0.05, 0.1) is 0 Å². The third-order valence-electron chi connectivity index (χ3n) is 5.25. The molecule has 0 bridgehead atoms. The fourth-order valence-electron chi connectivity index (χ4n) is 3.81. The molecule has 29 heavy (non-hydrogen) atoms. The van der Waals surface area contributed by atoms with Crippen LogP contribution in [0.25, 0.3) is 10.9 Å². The van der Waals surface area contributed by atoms with Crippen molar-refractivity contribution in [2.24, 2.45) is 0 Å². The van der Waals surface area contributed by atoms with Gasteiger partial charge in [0, 0.05) is 44.0 Å². The van der Waals surface area contributed by atoms with Crippen molar-refractivity contribution in [1.82, 2.24) is 19.9 Å². The summed E-state index contributed by atoms with van der Waals surface area (Å²) in [5.41, 5.74) is 1.07. The van der Waals surface area contributed by atoms with Crippen molar-refractivity contribution in [3.8, 4) is 0 Å². The zero-order valence-corrected chi connectivity index (χ0v) is 16.9. The number of fused-ring (bicyclic) bond motifs is 1. The number of nitrogens with one attached hydrogen (secondary N) is 2. The van der Waals surface area contributed by atoms with Crippen molar-refractivity contribution in [2.45, 2.75) is 32.7 Å². The molecule has 0 radical (unpaired) electrons. The minimum Gasteiger partial charge on any atom is -0.368 e. The highest BCUT2D eigenvalue weighted by Crippen LogP contribution is 2.20. The molecule has 4 rings (SSSR count). The average molecular weight is 393 g/mol. The van der Waals surface area contributed by atoms with Crippen LogP contribution in [0.15, 0.2) is 42.6 Å². The predicted octanol–water partition coefficient (Wildman–Crippen LogP) is 2.96. The van der Waals surface area contributed by atoms with E-state index in [1.165, 1.54) is 19.3 Å². The van der Waals surface area contributed by atoms with Crippen molar-refractivity contribution in [1.29, 1.82) is 0 Å². The fourth-order valence-corrected chi connectivity index (χ4v) is 3.81. The summed E-state index contributed by atoms with van der Waals surface area (Å²) < 4.78 is 1.97. The second-order valence-corrected chi connectivity index (χ2v) is 7.49. The minimum absolute atomic E-state index is 0.000951. The molecule has 0 atom stereocenters. The molecule has 2 N–H and O–H groups in total. The number of anilines is 2. The summed E-state index contributed by atoms with van der Waals surface area (Å²) in [7, 11) is 0. The lowest BCUT2D eigenvalue weighted by molar-refractivity contribution is -0.121. The summed E-state index contributed by atoms with van der Waals surface area (Å²) in [6, 6.07) is 12.1. The van der Waals surface area contributed by atoms with Crippen LogP contribution in [0.3, 0.4) is 0 Å². The van der Waals surface area contributed by atoms with Gasteiger partial charge in [0.25, 0.3) is 0 Å². The number of carbonyl (C=O) groups is 1. The van der Waals surface area contributed by atoms with Gasteiger partial charge in [-0.2, -0.15) is 0 Å². The van der Waals surface area contributed by atoms with Gasteiger partial charge in [-0.05, 0) is 43.7 Å². The van der Waals surface area contributed by atoms with Crippen LogP contribution < -0.4 is 15.5 Å². The standard InChI is InChI=1S/C22H28N6O/c1-17-25-20(15-21(26-17)27-12-5-2-6-13-27)23-10-11-24-22(29)16-28-14-9-18-7-3-4-8-19(18)28/h3-4,7-9,14-15H,2,5-6,10-13,16H2,1H3,(H,24,29)(H,23,25,26). The number of hydrogen-bond donors (Lipinski definition) is 2. The second kappa shape index (κ2) is 8.94. The van der Waals surface area contributed by atoms with E-state index in [4.69, 9.17) is 0 Å². The molecule has 2 aromatic heterocycles. The maximum Gasteiger partial charge on any atom is 0.240 e. The van der Waals surface area contributed by atoms with Crippen LogP contribution in [-0.4, -0.2) is 46.6 Å². The van der Waals surface area contributed by atoms with Crippen LogP contribution >= 0.6 is 0 Å². The van der Waals surface area contributed by atoms with Crippen molar-refractivity contribution in [2.75, 3.05) is 36.4 Å². The molecule has 0 aliphatic carbocycles. The molecule has 1 fully saturated rings. The highest BCUT2D eigenvalue weighted by Gasteiger charge is 2.13. The van der Waals surface area contributed by atoms with E-state index in [0.29, 0.717) is 19.6 Å². The van der Waals surface area contributed by atoms with Gasteiger partial charge in [0.15, 0.2) is 0 Å². The Morgan fingerprint density at radius 2 is 1.90 bits per heavy atom. The first kappa shape index (κ1) is 19.2. The van der Waals surface area contributed by atoms with Crippen LogP contribution in [-0.2, 0) is 11.3 Å². The van der Waals surface area contributed by atoms with Crippen LogP contribution in [0.5, 0.6) is 0 Å². The summed E-state index contributed by atoms with van der Waals surface area (Å²) in [6.07, 6.45) is 5.68. The van der Waals surface area contributed by atoms with E-state index < -0.39 is 0 Å². The normalized spacial score (nSPS) is 14.2. The number of hydrogen-bond acceptors (Lipinski definition) is 5. The molecule has 1 aliphatic rings. The summed E-state index contributed by atoms with van der Waals surface area (Å²) in [5.74, 6) is 2.56. The Bertz CT molecular complexity index is 976. The highest BCUT2D eigenvalue weighted by atomic mass is 16.1. The monoisotopic (exact) mass is 392 g/mol. The van der Waals surface area contributed by atoms with E-state index in [0.717, 1.165) is 41.5 Å². The second-order valence-electron chi connectivity index (χ2n) is 7.49. The molecule has 7 nitrogen and oxygen atoms in total. The largest absolute Gasteiger partial charge is 0.368 e. The number of amides is 1. The van der Waals surface area contributed by atoms with Gasteiger partial charge in [0.2, 0.25) is 5.91 Å². The topological polar surface area (TPSA) is 75.1 Å². The number of carbonyl (C=O) groups excluding carboxylic acids is 1. The maximum atomic E-state index is 12.3. The molecule has 1 aliphatic heterocycles. The van der Waals surface area contributed by atoms with Crippen molar-refractivity contribution >= 4 is 28.4 Å². The third-order valence-corrected chi connectivity index (χ3v) is 5.25. The molecule has 0 spiro atoms. The molecule has 0 unspecified atom stereocenters. The van der Waals surface area contributed by atoms with Gasteiger partial charge < -0.3 is 20.1 Å². The lowest BCUT2D eigenvalue weighted by Gasteiger charge is -2.28. The first-order valence-corrected chi connectivity index (χ1v) is 10.3. The number of benzene rings is 1. The Morgan fingerprint density at radius 3 is 2.76 bits per heavy atom. The van der Waals surface area contributed by atoms with E-state index in [-0.39, 0.29) is 5.91 Å². The van der Waals surface area contributed by atoms with Gasteiger partial charge in [-0.25, -0.2) is 9.97 Å². The molecule has 152 valence electrons. The Kier molecular flexibility index (Phi) is 5.93. The van der Waals surface area contributed by atoms with Gasteiger partial charge in [-0.1, -0.05) is 18.2 Å². The summed E-state index contributed by atoms with van der Waals surface area (Å²) >= 11 is 0. The molecular formula is C22H28N6O. The van der Waals surface area contributed by atoms with Crippen LogP contribution in [0.4, 0.5) is 11.6 Å². The van der Waals surface area contributed by atoms with E-state index in [1.807, 2.05) is 48.0 Å². The smallest absolute Gasteiger partial charge is 0.240 e. The Labute approximate surface area is 171 Å². The van der Waals surface area contributed by atoms with Crippen molar-refractivity contribution in [3.05, 3.63) is 48.4 Å². The van der Waals surface area contributed by atoms with E-state index in [9.17, 15) is 4.79 Å². The summed E-state index contributed by atoms with van der Waals surface area (Å²) in [5, 5.41) is 7.43. The minimum atomic E-state index is 0.000951. The van der Waals surface area contributed by atoms with Crippen LogP contribution in [0, 0.1) is 6.92 Å². The van der Waals surface area contributed by atoms with Gasteiger partial charge >= 0.3 is 0 Å². The Hall–Kier alpha value is -3.09. The number of aryl methyl sites for hydroxylation is 1. The van der Waals surface area contributed by atoms with E-state index in [2.05, 4.69) is 31.6 Å². The van der Waals surface area contributed by atoms with Crippen LogP contribution in [0.1, 0.15) is 25.1 Å². The van der Waals surface area contributed by atoms with Gasteiger partial charge in [-0.15, -0.1) is 0 Å². The summed E-state index contributed by atoms with van der Waals surface area (Å²) in [6.45, 7) is 5.51. The molecular weight excluding hydrogens is 364 g/mol. The van der Waals surface area contributed by atoms with Crippen LogP contribution in [0.2, 0.25) is 0 Å². The van der Waals surface area contributed by atoms with Gasteiger partial charge in [0.1, 0.15) is 24.0 Å². The molecule has 3 heterocycles. The number of aromatic nitrogens is 3. The molecule has 1 aromatic carbocycles. The first-order chi connectivity index (χ1) is 14.2. The lowest BCUT2D eigenvalue weighted by atomic mass is 10.1.